The first-order chi connectivity index (χ1) is 15.0. The van der Waals surface area contributed by atoms with Gasteiger partial charge in [0, 0.05) is 24.5 Å². The van der Waals surface area contributed by atoms with Crippen LogP contribution in [0.15, 0.2) is 53.6 Å². The summed E-state index contributed by atoms with van der Waals surface area (Å²) in [6.45, 7) is 0.102. The van der Waals surface area contributed by atoms with Gasteiger partial charge in [-0.3, -0.25) is 14.6 Å². The minimum atomic E-state index is -5.08. The number of alkyl halides is 3. The number of hydrogen-bond acceptors (Lipinski definition) is 5. The van der Waals surface area contributed by atoms with Gasteiger partial charge < -0.3 is 10.4 Å². The maximum atomic E-state index is 13.1. The molecule has 8 nitrogen and oxygen atoms in total. The number of H-pyrrole nitrogens is 1. The molecule has 1 amide bonds. The normalized spacial score (nSPS) is 10.7. The summed E-state index contributed by atoms with van der Waals surface area (Å²) in [5.41, 5.74) is 1.09. The lowest BCUT2D eigenvalue weighted by Gasteiger charge is -2.07. The van der Waals surface area contributed by atoms with E-state index in [-0.39, 0.29) is 17.1 Å². The second-order valence-corrected chi connectivity index (χ2v) is 6.37. The summed E-state index contributed by atoms with van der Waals surface area (Å²) in [6.07, 6.45) is -1.92. The quantitative estimate of drug-likeness (QED) is 0.501. The van der Waals surface area contributed by atoms with Gasteiger partial charge >= 0.3 is 12.1 Å². The summed E-state index contributed by atoms with van der Waals surface area (Å²) in [6, 6.07) is 8.95. The predicted octanol–water partition coefficient (Wildman–Crippen LogP) is 3.19. The number of carbonyl (C=O) groups excluding carboxylic acids is 1. The molecule has 2 heterocycles. The van der Waals surface area contributed by atoms with Gasteiger partial charge in [-0.05, 0) is 35.9 Å². The van der Waals surface area contributed by atoms with E-state index in [1.807, 2.05) is 0 Å². The molecule has 0 fully saturated rings. The largest absolute Gasteiger partial charge is 0.490 e. The van der Waals surface area contributed by atoms with Crippen molar-refractivity contribution in [2.45, 2.75) is 12.7 Å². The van der Waals surface area contributed by atoms with Crippen LogP contribution in [0.5, 0.6) is 0 Å². The van der Waals surface area contributed by atoms with Crippen LogP contribution in [0.2, 0.25) is 5.02 Å². The number of carboxylic acid groups (broad SMARTS) is 1. The number of hydrogen-bond donors (Lipinski definition) is 3. The van der Waals surface area contributed by atoms with Crippen LogP contribution in [0.3, 0.4) is 0 Å². The highest BCUT2D eigenvalue weighted by atomic mass is 35.5. The molecule has 3 rings (SSSR count). The number of nitrogens with one attached hydrogen (secondary N) is 2. The zero-order chi connectivity index (χ0) is 23.9. The third-order valence-corrected chi connectivity index (χ3v) is 3.99. The van der Waals surface area contributed by atoms with Crippen LogP contribution >= 0.6 is 11.6 Å². The number of halogens is 5. The SMILES string of the molecule is O=C(NCc1ccc(F)c(Cl)c1)c1cc(-c2ccncc2)n[nH]c1=O.O=C(O)C(F)(F)F. The number of pyridine rings is 1. The standard InChI is InChI=1S/C17H12ClFN4O2.C2HF3O2/c18-13-7-10(1-2-14(13)19)9-21-16(24)12-8-15(22-23-17(12)25)11-3-5-20-6-4-11;3-2(4,5)1(6)7/h1-8H,9H2,(H,21,24)(H,23,25);(H,6,7). The van der Waals surface area contributed by atoms with Crippen molar-refractivity contribution in [1.29, 1.82) is 0 Å². The molecule has 2 aromatic heterocycles. The molecular weight excluding hydrogens is 460 g/mol. The molecule has 32 heavy (non-hydrogen) atoms. The number of carboxylic acids is 1. The molecule has 0 aliphatic heterocycles. The number of aromatic nitrogens is 3. The zero-order valence-electron chi connectivity index (χ0n) is 15.8. The van der Waals surface area contributed by atoms with Crippen molar-refractivity contribution in [2.75, 3.05) is 0 Å². The third-order valence-electron chi connectivity index (χ3n) is 3.70. The highest BCUT2D eigenvalue weighted by Gasteiger charge is 2.38. The maximum Gasteiger partial charge on any atom is 0.490 e. The van der Waals surface area contributed by atoms with Gasteiger partial charge in [0.1, 0.15) is 11.4 Å². The fraction of sp³-hybridized carbons (Fsp3) is 0.105. The molecular formula is C19H13ClF4N4O4. The number of carbonyl (C=O) groups is 2. The predicted molar refractivity (Wildman–Crippen MR) is 104 cm³/mol. The van der Waals surface area contributed by atoms with E-state index in [1.165, 1.54) is 24.3 Å². The highest BCUT2D eigenvalue weighted by molar-refractivity contribution is 6.30. The lowest BCUT2D eigenvalue weighted by molar-refractivity contribution is -0.192. The highest BCUT2D eigenvalue weighted by Crippen LogP contribution is 2.17. The van der Waals surface area contributed by atoms with E-state index in [0.29, 0.717) is 16.8 Å². The van der Waals surface area contributed by atoms with Crippen molar-refractivity contribution in [3.8, 4) is 11.3 Å². The Morgan fingerprint density at radius 2 is 1.75 bits per heavy atom. The minimum absolute atomic E-state index is 0.0338. The van der Waals surface area contributed by atoms with Crippen molar-refractivity contribution in [3.05, 3.63) is 81.1 Å². The maximum absolute atomic E-state index is 13.1. The summed E-state index contributed by atoms with van der Waals surface area (Å²) in [5.74, 6) is -3.86. The lowest BCUT2D eigenvalue weighted by Crippen LogP contribution is -2.29. The Balaban J connectivity index is 0.000000451. The first-order valence-corrected chi connectivity index (χ1v) is 8.89. The van der Waals surface area contributed by atoms with Crippen LogP contribution in [-0.4, -0.2) is 38.3 Å². The molecule has 168 valence electrons. The van der Waals surface area contributed by atoms with Crippen LogP contribution in [0.25, 0.3) is 11.3 Å². The molecule has 3 N–H and O–H groups in total. The molecule has 0 bridgehead atoms. The Kier molecular flexibility index (Phi) is 8.02. The summed E-state index contributed by atoms with van der Waals surface area (Å²) in [4.78, 5) is 37.0. The molecule has 0 unspecified atom stereocenters. The molecule has 0 aliphatic rings. The molecule has 0 saturated carbocycles. The Labute approximate surface area is 181 Å². The summed E-state index contributed by atoms with van der Waals surface area (Å²) < 4.78 is 44.9. The van der Waals surface area contributed by atoms with Crippen LogP contribution in [0, 0.1) is 5.82 Å². The van der Waals surface area contributed by atoms with Gasteiger partial charge in [-0.25, -0.2) is 14.3 Å². The van der Waals surface area contributed by atoms with E-state index >= 15 is 0 Å². The summed E-state index contributed by atoms with van der Waals surface area (Å²) in [7, 11) is 0. The molecule has 1 aromatic carbocycles. The fourth-order valence-electron chi connectivity index (χ4n) is 2.17. The lowest BCUT2D eigenvalue weighted by atomic mass is 10.1. The van der Waals surface area contributed by atoms with Crippen molar-refractivity contribution >= 4 is 23.5 Å². The molecule has 0 atom stereocenters. The Morgan fingerprint density at radius 3 is 2.31 bits per heavy atom. The van der Waals surface area contributed by atoms with Crippen LogP contribution in [-0.2, 0) is 11.3 Å². The average molecular weight is 473 g/mol. The van der Waals surface area contributed by atoms with Gasteiger partial charge in [-0.15, -0.1) is 0 Å². The number of nitrogens with zero attached hydrogens (tertiary/aromatic N) is 2. The third kappa shape index (κ3) is 6.87. The van der Waals surface area contributed by atoms with E-state index in [0.717, 1.165) is 0 Å². The fourth-order valence-corrected chi connectivity index (χ4v) is 2.38. The van der Waals surface area contributed by atoms with Crippen LogP contribution in [0.1, 0.15) is 15.9 Å². The summed E-state index contributed by atoms with van der Waals surface area (Å²) in [5, 5.41) is 15.9. The number of amides is 1. The molecule has 0 radical (unpaired) electrons. The van der Waals surface area contributed by atoms with Crippen molar-refractivity contribution in [2.24, 2.45) is 0 Å². The summed E-state index contributed by atoms with van der Waals surface area (Å²) >= 11 is 5.70. The number of aliphatic carboxylic acids is 1. The van der Waals surface area contributed by atoms with Gasteiger partial charge in [0.2, 0.25) is 0 Å². The molecule has 13 heteroatoms. The van der Waals surface area contributed by atoms with Crippen molar-refractivity contribution < 1.29 is 32.3 Å². The van der Waals surface area contributed by atoms with E-state index in [9.17, 15) is 27.2 Å². The van der Waals surface area contributed by atoms with E-state index in [2.05, 4.69) is 20.5 Å². The first-order valence-electron chi connectivity index (χ1n) is 8.51. The Hall–Kier alpha value is -3.80. The first kappa shape index (κ1) is 24.5. The monoisotopic (exact) mass is 472 g/mol. The topological polar surface area (TPSA) is 125 Å². The van der Waals surface area contributed by atoms with E-state index in [4.69, 9.17) is 21.5 Å². The smallest absolute Gasteiger partial charge is 0.475 e. The van der Waals surface area contributed by atoms with E-state index in [1.54, 1.807) is 24.5 Å². The van der Waals surface area contributed by atoms with E-state index < -0.39 is 29.4 Å². The Morgan fingerprint density at radius 1 is 1.12 bits per heavy atom. The molecule has 0 aliphatic carbocycles. The number of benzene rings is 1. The second kappa shape index (κ2) is 10.5. The van der Waals surface area contributed by atoms with Crippen LogP contribution in [0.4, 0.5) is 17.6 Å². The van der Waals surface area contributed by atoms with Crippen LogP contribution < -0.4 is 10.9 Å². The van der Waals surface area contributed by atoms with Crippen molar-refractivity contribution in [3.63, 3.8) is 0 Å². The van der Waals surface area contributed by atoms with Gasteiger partial charge in [-0.2, -0.15) is 18.3 Å². The van der Waals surface area contributed by atoms with Gasteiger partial charge in [0.25, 0.3) is 11.5 Å². The Bertz CT molecular complexity index is 1170. The molecule has 0 saturated heterocycles. The van der Waals surface area contributed by atoms with Gasteiger partial charge in [-0.1, -0.05) is 17.7 Å². The zero-order valence-corrected chi connectivity index (χ0v) is 16.5. The second-order valence-electron chi connectivity index (χ2n) is 5.97. The number of aromatic amines is 1. The van der Waals surface area contributed by atoms with Gasteiger partial charge in [0.05, 0.1) is 10.7 Å². The van der Waals surface area contributed by atoms with Gasteiger partial charge in [0.15, 0.2) is 0 Å². The van der Waals surface area contributed by atoms with Crippen molar-refractivity contribution in [1.82, 2.24) is 20.5 Å². The molecule has 3 aromatic rings. The molecule has 0 spiro atoms. The number of rotatable bonds is 4. The average Bonchev–Trinajstić information content (AvgIpc) is 2.75. The minimum Gasteiger partial charge on any atom is -0.475 e.